The molecule has 4 heterocycles. The van der Waals surface area contributed by atoms with E-state index in [9.17, 15) is 9.59 Å². The number of esters is 1. The summed E-state index contributed by atoms with van der Waals surface area (Å²) in [5.41, 5.74) is 3.50. The van der Waals surface area contributed by atoms with Gasteiger partial charge in [-0.15, -0.1) is 0 Å². The third-order valence-electron chi connectivity index (χ3n) is 4.94. The number of hydrogen-bond donors (Lipinski definition) is 1. The Kier molecular flexibility index (Phi) is 5.24. The van der Waals surface area contributed by atoms with Crippen LogP contribution in [0.4, 0.5) is 5.82 Å². The van der Waals surface area contributed by atoms with E-state index in [4.69, 9.17) is 4.74 Å². The van der Waals surface area contributed by atoms with Gasteiger partial charge in [-0.3, -0.25) is 14.2 Å². The Balaban J connectivity index is 1.69. The van der Waals surface area contributed by atoms with Crippen LogP contribution in [-0.2, 0) is 18.3 Å². The zero-order valence-corrected chi connectivity index (χ0v) is 17.7. The number of nitrogens with zero attached hydrogens (tertiary/aromatic N) is 7. The second kappa shape index (κ2) is 8.01. The molecule has 0 unspecified atom stereocenters. The summed E-state index contributed by atoms with van der Waals surface area (Å²) in [4.78, 5) is 29.4. The largest absolute Gasteiger partial charge is 0.462 e. The molecule has 0 saturated carbocycles. The summed E-state index contributed by atoms with van der Waals surface area (Å²) < 4.78 is 9.91. The lowest BCUT2D eigenvalue weighted by Gasteiger charge is -2.07. The SMILES string of the molecule is CCOC(=O)c1cnn(C)c1NC(=O)c1cc2nccc(-c3cnn(CC)c3C)n2n1. The lowest BCUT2D eigenvalue weighted by Crippen LogP contribution is -2.18. The molecule has 11 nitrogen and oxygen atoms in total. The number of anilines is 1. The van der Waals surface area contributed by atoms with Crippen molar-refractivity contribution in [3.63, 3.8) is 0 Å². The van der Waals surface area contributed by atoms with Gasteiger partial charge >= 0.3 is 5.97 Å². The highest BCUT2D eigenvalue weighted by Gasteiger charge is 2.22. The summed E-state index contributed by atoms with van der Waals surface area (Å²) in [6.45, 7) is 6.68. The van der Waals surface area contributed by atoms with Crippen LogP contribution in [0, 0.1) is 6.92 Å². The average Bonchev–Trinajstić information content (AvgIpc) is 3.45. The minimum atomic E-state index is -0.562. The summed E-state index contributed by atoms with van der Waals surface area (Å²) in [7, 11) is 1.62. The molecule has 1 amide bonds. The maximum absolute atomic E-state index is 12.9. The molecule has 4 aromatic rings. The first-order valence-electron chi connectivity index (χ1n) is 9.82. The van der Waals surface area contributed by atoms with Crippen LogP contribution in [0.3, 0.4) is 0 Å². The first-order valence-corrected chi connectivity index (χ1v) is 9.82. The number of nitrogens with one attached hydrogen (secondary N) is 1. The molecule has 160 valence electrons. The maximum atomic E-state index is 12.9. The van der Waals surface area contributed by atoms with Crippen LogP contribution in [0.5, 0.6) is 0 Å². The molecule has 1 N–H and O–H groups in total. The summed E-state index contributed by atoms with van der Waals surface area (Å²) in [5, 5.41) is 15.6. The van der Waals surface area contributed by atoms with Gasteiger partial charge in [0.1, 0.15) is 11.4 Å². The molecule has 0 radical (unpaired) electrons. The standard InChI is InChI=1S/C20H22N8O3/c1-5-27-12(3)13(10-23-27)16-7-8-21-17-9-15(25-28(16)17)19(29)24-18-14(11-22-26(18)4)20(30)31-6-2/h7-11H,5-6H2,1-4H3,(H,24,29). The van der Waals surface area contributed by atoms with Crippen molar-refractivity contribution in [1.82, 2.24) is 34.2 Å². The zero-order chi connectivity index (χ0) is 22.1. The van der Waals surface area contributed by atoms with Crippen LogP contribution >= 0.6 is 0 Å². The molecule has 31 heavy (non-hydrogen) atoms. The Labute approximate surface area is 177 Å². The first-order chi connectivity index (χ1) is 14.9. The number of hydrogen-bond acceptors (Lipinski definition) is 7. The van der Waals surface area contributed by atoms with Gasteiger partial charge in [-0.1, -0.05) is 0 Å². The predicted molar refractivity (Wildman–Crippen MR) is 112 cm³/mol. The summed E-state index contributed by atoms with van der Waals surface area (Å²) in [5.74, 6) is -0.825. The van der Waals surface area contributed by atoms with Gasteiger partial charge in [-0.05, 0) is 26.8 Å². The molecule has 0 fully saturated rings. The first kappa shape index (κ1) is 20.3. The van der Waals surface area contributed by atoms with Crippen molar-refractivity contribution in [2.24, 2.45) is 7.05 Å². The molecular weight excluding hydrogens is 400 g/mol. The van der Waals surface area contributed by atoms with Gasteiger partial charge < -0.3 is 10.1 Å². The number of ether oxygens (including phenoxy) is 1. The summed E-state index contributed by atoms with van der Waals surface area (Å²) in [6.07, 6.45) is 4.79. The van der Waals surface area contributed by atoms with Crippen molar-refractivity contribution in [2.75, 3.05) is 11.9 Å². The van der Waals surface area contributed by atoms with Crippen LogP contribution in [0.2, 0.25) is 0 Å². The summed E-state index contributed by atoms with van der Waals surface area (Å²) in [6, 6.07) is 3.41. The predicted octanol–water partition coefficient (Wildman–Crippen LogP) is 2.08. The van der Waals surface area contributed by atoms with E-state index in [0.29, 0.717) is 5.65 Å². The fraction of sp³-hybridized carbons (Fsp3) is 0.300. The Morgan fingerprint density at radius 3 is 2.71 bits per heavy atom. The van der Waals surface area contributed by atoms with E-state index in [2.05, 4.69) is 25.6 Å². The van der Waals surface area contributed by atoms with E-state index in [-0.39, 0.29) is 23.7 Å². The number of aryl methyl sites for hydroxylation is 2. The molecule has 0 aliphatic rings. The van der Waals surface area contributed by atoms with E-state index in [1.165, 1.54) is 10.9 Å². The zero-order valence-electron chi connectivity index (χ0n) is 17.7. The van der Waals surface area contributed by atoms with Gasteiger partial charge in [0.25, 0.3) is 5.91 Å². The topological polar surface area (TPSA) is 121 Å². The third-order valence-corrected chi connectivity index (χ3v) is 4.94. The van der Waals surface area contributed by atoms with Crippen LogP contribution in [0.1, 0.15) is 40.4 Å². The van der Waals surface area contributed by atoms with Crippen molar-refractivity contribution in [3.8, 4) is 11.3 Å². The number of rotatable bonds is 6. The number of fused-ring (bicyclic) bond motifs is 1. The van der Waals surface area contributed by atoms with Gasteiger partial charge in [0, 0.05) is 37.1 Å². The number of carbonyl (C=O) groups excluding carboxylic acids is 2. The van der Waals surface area contributed by atoms with Crippen molar-refractivity contribution < 1.29 is 14.3 Å². The Morgan fingerprint density at radius 2 is 2.00 bits per heavy atom. The molecule has 4 aromatic heterocycles. The number of carbonyl (C=O) groups is 2. The smallest absolute Gasteiger partial charge is 0.343 e. The Bertz CT molecular complexity index is 1280. The molecule has 4 rings (SSSR count). The molecule has 0 saturated heterocycles. The Hall–Kier alpha value is -4.02. The maximum Gasteiger partial charge on any atom is 0.343 e. The van der Waals surface area contributed by atoms with Crippen LogP contribution in [-0.4, -0.2) is 52.6 Å². The average molecular weight is 422 g/mol. The van der Waals surface area contributed by atoms with Crippen molar-refractivity contribution in [1.29, 1.82) is 0 Å². The molecule has 0 aliphatic heterocycles. The van der Waals surface area contributed by atoms with Crippen molar-refractivity contribution >= 4 is 23.3 Å². The molecular formula is C20H22N8O3. The van der Waals surface area contributed by atoms with Gasteiger partial charge in [-0.25, -0.2) is 14.3 Å². The van der Waals surface area contributed by atoms with E-state index < -0.39 is 11.9 Å². The number of amides is 1. The fourth-order valence-corrected chi connectivity index (χ4v) is 3.34. The molecule has 11 heteroatoms. The van der Waals surface area contributed by atoms with E-state index in [0.717, 1.165) is 23.5 Å². The second-order valence-corrected chi connectivity index (χ2v) is 6.79. The van der Waals surface area contributed by atoms with Crippen LogP contribution in [0.25, 0.3) is 16.9 Å². The monoisotopic (exact) mass is 422 g/mol. The molecule has 0 bridgehead atoms. The molecule has 0 spiro atoms. The fourth-order valence-electron chi connectivity index (χ4n) is 3.34. The van der Waals surface area contributed by atoms with Crippen molar-refractivity contribution in [2.45, 2.75) is 27.3 Å². The molecule has 0 aromatic carbocycles. The highest BCUT2D eigenvalue weighted by molar-refractivity contribution is 6.06. The van der Waals surface area contributed by atoms with Gasteiger partial charge in [-0.2, -0.15) is 15.3 Å². The quantitative estimate of drug-likeness (QED) is 0.472. The van der Waals surface area contributed by atoms with Crippen LogP contribution in [0.15, 0.2) is 30.7 Å². The molecule has 0 atom stereocenters. The Morgan fingerprint density at radius 1 is 1.19 bits per heavy atom. The van der Waals surface area contributed by atoms with E-state index in [1.807, 2.05) is 24.6 Å². The molecule has 0 aliphatic carbocycles. The van der Waals surface area contributed by atoms with Crippen molar-refractivity contribution in [3.05, 3.63) is 47.7 Å². The van der Waals surface area contributed by atoms with Crippen LogP contribution < -0.4 is 5.32 Å². The lowest BCUT2D eigenvalue weighted by atomic mass is 10.2. The minimum Gasteiger partial charge on any atom is -0.462 e. The van der Waals surface area contributed by atoms with Gasteiger partial charge in [0.2, 0.25) is 0 Å². The number of aromatic nitrogens is 7. The summed E-state index contributed by atoms with van der Waals surface area (Å²) >= 11 is 0. The highest BCUT2D eigenvalue weighted by Crippen LogP contribution is 2.24. The van der Waals surface area contributed by atoms with Gasteiger partial charge in [0.15, 0.2) is 11.3 Å². The van der Waals surface area contributed by atoms with E-state index >= 15 is 0 Å². The van der Waals surface area contributed by atoms with E-state index in [1.54, 1.807) is 36.9 Å². The second-order valence-electron chi connectivity index (χ2n) is 6.79. The van der Waals surface area contributed by atoms with Gasteiger partial charge in [0.05, 0.1) is 24.7 Å². The minimum absolute atomic E-state index is 0.150. The highest BCUT2D eigenvalue weighted by atomic mass is 16.5. The third kappa shape index (κ3) is 3.54. The normalized spacial score (nSPS) is 11.1. The lowest BCUT2D eigenvalue weighted by molar-refractivity contribution is 0.0527.